The van der Waals surface area contributed by atoms with Crippen molar-refractivity contribution < 1.29 is 9.53 Å². The third-order valence-electron chi connectivity index (χ3n) is 6.88. The van der Waals surface area contributed by atoms with Crippen molar-refractivity contribution in [2.75, 3.05) is 25.5 Å². The molecular weight excluding hydrogens is 366 g/mol. The average Bonchev–Trinajstić information content (AvgIpc) is 3.02. The maximum Gasteiger partial charge on any atom is 0.321 e. The Balaban J connectivity index is 1.36. The predicted octanol–water partition coefficient (Wildman–Crippen LogP) is 3.69. The minimum atomic E-state index is 0.0154. The van der Waals surface area contributed by atoms with Gasteiger partial charge in [-0.15, -0.1) is 10.2 Å². The molecular formula is C22H31N5O2. The van der Waals surface area contributed by atoms with Gasteiger partial charge in [-0.3, -0.25) is 0 Å². The number of amides is 2. The number of rotatable bonds is 3. The summed E-state index contributed by atoms with van der Waals surface area (Å²) < 4.78 is 7.49. The molecule has 1 fully saturated rings. The predicted molar refractivity (Wildman–Crippen MR) is 112 cm³/mol. The fourth-order valence-electron chi connectivity index (χ4n) is 4.67. The van der Waals surface area contributed by atoms with Crippen LogP contribution in [0.15, 0.2) is 18.2 Å². The first-order chi connectivity index (χ1) is 14.0. The van der Waals surface area contributed by atoms with Crippen LogP contribution in [0.2, 0.25) is 0 Å². The number of carbonyl (C=O) groups is 1. The van der Waals surface area contributed by atoms with Crippen LogP contribution in [-0.4, -0.2) is 45.9 Å². The molecule has 2 aliphatic rings. The van der Waals surface area contributed by atoms with Gasteiger partial charge in [0.25, 0.3) is 0 Å². The molecule has 29 heavy (non-hydrogen) atoms. The zero-order chi connectivity index (χ0) is 20.4. The number of hydrogen-bond donors (Lipinski definition) is 1. The van der Waals surface area contributed by atoms with E-state index in [0.29, 0.717) is 12.0 Å². The third kappa shape index (κ3) is 4.01. The normalized spacial score (nSPS) is 18.4. The van der Waals surface area contributed by atoms with E-state index in [1.165, 1.54) is 5.56 Å². The molecule has 0 aliphatic carbocycles. The maximum absolute atomic E-state index is 12.8. The fourth-order valence-corrected chi connectivity index (χ4v) is 4.67. The van der Waals surface area contributed by atoms with E-state index in [1.54, 1.807) is 7.11 Å². The van der Waals surface area contributed by atoms with Gasteiger partial charge >= 0.3 is 6.03 Å². The average molecular weight is 398 g/mol. The minimum absolute atomic E-state index is 0.0154. The molecule has 0 unspecified atom stereocenters. The molecule has 2 aliphatic heterocycles. The van der Waals surface area contributed by atoms with Crippen molar-refractivity contribution in [2.45, 2.75) is 59.1 Å². The van der Waals surface area contributed by atoms with E-state index in [1.807, 2.05) is 17.0 Å². The number of aromatic nitrogens is 3. The summed E-state index contributed by atoms with van der Waals surface area (Å²) >= 11 is 0. The summed E-state index contributed by atoms with van der Waals surface area (Å²) in [6, 6.07) is 6.05. The number of benzene rings is 1. The monoisotopic (exact) mass is 397 g/mol. The standard InChI is InChI=1S/C22H31N5O2/c1-16-5-4-6-18(17(16)2)23-21(28)26-12-9-22(10-13-26)8-7-19-24-25-20(15-29-3)27(19)14-11-22/h4-6H,7-15H2,1-3H3,(H,23,28). The molecule has 0 radical (unpaired) electrons. The van der Waals surface area contributed by atoms with E-state index in [4.69, 9.17) is 4.74 Å². The molecule has 0 bridgehead atoms. The van der Waals surface area contributed by atoms with Gasteiger partial charge < -0.3 is 19.5 Å². The number of methoxy groups -OCH3 is 1. The SMILES string of the molecule is COCc1nnc2n1CCC1(CC2)CCN(C(=O)Nc2cccc(C)c2C)CC1. The Labute approximate surface area is 172 Å². The van der Waals surface area contributed by atoms with Gasteiger partial charge in [-0.1, -0.05) is 12.1 Å². The van der Waals surface area contributed by atoms with Gasteiger partial charge in [0.2, 0.25) is 0 Å². The summed E-state index contributed by atoms with van der Waals surface area (Å²) in [6.07, 6.45) is 5.27. The number of anilines is 1. The molecule has 4 rings (SSSR count). The Bertz CT molecular complexity index is 883. The summed E-state index contributed by atoms with van der Waals surface area (Å²) in [5.41, 5.74) is 3.53. The van der Waals surface area contributed by atoms with Crippen LogP contribution in [0.1, 0.15) is 48.5 Å². The van der Waals surface area contributed by atoms with Crippen LogP contribution in [0, 0.1) is 19.3 Å². The number of nitrogens with one attached hydrogen (secondary N) is 1. The van der Waals surface area contributed by atoms with E-state index < -0.39 is 0 Å². The van der Waals surface area contributed by atoms with Crippen LogP contribution in [0.4, 0.5) is 10.5 Å². The Morgan fingerprint density at radius 2 is 1.90 bits per heavy atom. The summed E-state index contributed by atoms with van der Waals surface area (Å²) in [6.45, 7) is 7.18. The van der Waals surface area contributed by atoms with Crippen molar-refractivity contribution in [1.29, 1.82) is 0 Å². The first-order valence-electron chi connectivity index (χ1n) is 10.5. The van der Waals surface area contributed by atoms with Crippen LogP contribution >= 0.6 is 0 Å². The third-order valence-corrected chi connectivity index (χ3v) is 6.88. The number of aryl methyl sites for hydroxylation is 2. The molecule has 1 N–H and O–H groups in total. The molecule has 1 aromatic carbocycles. The fraction of sp³-hybridized carbons (Fsp3) is 0.591. The lowest BCUT2D eigenvalue weighted by molar-refractivity contribution is 0.105. The second kappa shape index (κ2) is 8.14. The highest BCUT2D eigenvalue weighted by Gasteiger charge is 2.37. The largest absolute Gasteiger partial charge is 0.377 e. The highest BCUT2D eigenvalue weighted by atomic mass is 16.5. The van der Waals surface area contributed by atoms with Gasteiger partial charge in [0, 0.05) is 38.9 Å². The van der Waals surface area contributed by atoms with E-state index in [2.05, 4.69) is 40.0 Å². The van der Waals surface area contributed by atoms with Crippen LogP contribution in [0.3, 0.4) is 0 Å². The second-order valence-electron chi connectivity index (χ2n) is 8.53. The molecule has 2 aromatic rings. The first kappa shape index (κ1) is 19.9. The highest BCUT2D eigenvalue weighted by molar-refractivity contribution is 5.90. The van der Waals surface area contributed by atoms with Crippen LogP contribution in [-0.2, 0) is 24.3 Å². The molecule has 1 aromatic heterocycles. The van der Waals surface area contributed by atoms with Crippen molar-refractivity contribution >= 4 is 11.7 Å². The zero-order valence-corrected chi connectivity index (χ0v) is 17.7. The van der Waals surface area contributed by atoms with Crippen LogP contribution in [0.5, 0.6) is 0 Å². The molecule has 156 valence electrons. The molecule has 7 nitrogen and oxygen atoms in total. The lowest BCUT2D eigenvalue weighted by atomic mass is 9.73. The van der Waals surface area contributed by atoms with Gasteiger partial charge in [0.05, 0.1) is 0 Å². The van der Waals surface area contributed by atoms with Crippen molar-refractivity contribution in [3.05, 3.63) is 41.0 Å². The molecule has 2 amide bonds. The van der Waals surface area contributed by atoms with E-state index >= 15 is 0 Å². The summed E-state index contributed by atoms with van der Waals surface area (Å²) in [7, 11) is 1.69. The van der Waals surface area contributed by atoms with Gasteiger partial charge in [-0.05, 0) is 62.1 Å². The second-order valence-corrected chi connectivity index (χ2v) is 8.53. The van der Waals surface area contributed by atoms with Crippen LogP contribution in [0.25, 0.3) is 0 Å². The van der Waals surface area contributed by atoms with E-state index in [0.717, 1.165) is 74.6 Å². The number of likely N-dealkylation sites (tertiary alicyclic amines) is 1. The summed E-state index contributed by atoms with van der Waals surface area (Å²) in [5.74, 6) is 1.99. The van der Waals surface area contributed by atoms with Crippen LogP contribution < -0.4 is 5.32 Å². The van der Waals surface area contributed by atoms with Crippen molar-refractivity contribution in [2.24, 2.45) is 5.41 Å². The van der Waals surface area contributed by atoms with E-state index in [-0.39, 0.29) is 6.03 Å². The molecule has 1 spiro atoms. The zero-order valence-electron chi connectivity index (χ0n) is 17.7. The maximum atomic E-state index is 12.8. The lowest BCUT2D eigenvalue weighted by Crippen LogP contribution is -2.45. The minimum Gasteiger partial charge on any atom is -0.377 e. The first-order valence-corrected chi connectivity index (χ1v) is 10.5. The van der Waals surface area contributed by atoms with Gasteiger partial charge in [-0.25, -0.2) is 4.79 Å². The van der Waals surface area contributed by atoms with Gasteiger partial charge in [0.1, 0.15) is 12.4 Å². The van der Waals surface area contributed by atoms with Crippen molar-refractivity contribution in [3.8, 4) is 0 Å². The number of piperidine rings is 1. The molecule has 7 heteroatoms. The van der Waals surface area contributed by atoms with Crippen molar-refractivity contribution in [3.63, 3.8) is 0 Å². The highest BCUT2D eigenvalue weighted by Crippen LogP contribution is 2.41. The van der Waals surface area contributed by atoms with E-state index in [9.17, 15) is 4.79 Å². The number of ether oxygens (including phenoxy) is 1. The Kier molecular flexibility index (Phi) is 5.58. The van der Waals surface area contributed by atoms with Gasteiger partial charge in [0.15, 0.2) is 5.82 Å². The quantitative estimate of drug-likeness (QED) is 0.857. The van der Waals surface area contributed by atoms with Crippen molar-refractivity contribution in [1.82, 2.24) is 19.7 Å². The lowest BCUT2D eigenvalue weighted by Gasteiger charge is -2.41. The Morgan fingerprint density at radius 1 is 1.14 bits per heavy atom. The molecule has 0 atom stereocenters. The number of fused-ring (bicyclic) bond motifs is 1. The Hall–Kier alpha value is -2.41. The topological polar surface area (TPSA) is 72.3 Å². The summed E-state index contributed by atoms with van der Waals surface area (Å²) in [5, 5.41) is 11.8. The summed E-state index contributed by atoms with van der Waals surface area (Å²) in [4.78, 5) is 14.8. The number of nitrogens with zero attached hydrogens (tertiary/aromatic N) is 4. The molecule has 1 saturated heterocycles. The van der Waals surface area contributed by atoms with Gasteiger partial charge in [-0.2, -0.15) is 0 Å². The molecule has 0 saturated carbocycles. The Morgan fingerprint density at radius 3 is 2.66 bits per heavy atom. The number of hydrogen-bond acceptors (Lipinski definition) is 4. The number of carbonyl (C=O) groups excluding carboxylic acids is 1. The molecule has 3 heterocycles. The smallest absolute Gasteiger partial charge is 0.321 e. The number of urea groups is 1.